The Labute approximate surface area is 107 Å². The summed E-state index contributed by atoms with van der Waals surface area (Å²) in [5.74, 6) is -0.405. The molecule has 3 heteroatoms. The summed E-state index contributed by atoms with van der Waals surface area (Å²) >= 11 is 0. The van der Waals surface area contributed by atoms with Crippen molar-refractivity contribution in [2.75, 3.05) is 0 Å². The predicted molar refractivity (Wildman–Crippen MR) is 69.5 cm³/mol. The number of hydrogen-bond acceptors (Lipinski definition) is 1. The molecule has 0 spiro atoms. The van der Waals surface area contributed by atoms with Crippen LogP contribution in [0.2, 0.25) is 0 Å². The quantitative estimate of drug-likeness (QED) is 0.877. The van der Waals surface area contributed by atoms with E-state index in [1.165, 1.54) is 18.6 Å². The standard InChI is InChI=1S/C15H20FNO/c1-11(12-5-7-13(16)8-6-12)15(14(17)18)9-3-2-4-10-15/h5-8,11H,2-4,9-10H2,1H3,(H2,17,18)/t11-/m1/s1. The van der Waals surface area contributed by atoms with Gasteiger partial charge in [0.15, 0.2) is 0 Å². The van der Waals surface area contributed by atoms with Crippen LogP contribution >= 0.6 is 0 Å². The number of primary amides is 1. The number of halogens is 1. The molecule has 1 saturated carbocycles. The van der Waals surface area contributed by atoms with Crippen LogP contribution in [0.5, 0.6) is 0 Å². The zero-order valence-electron chi connectivity index (χ0n) is 10.8. The Hall–Kier alpha value is -1.38. The Kier molecular flexibility index (Phi) is 3.69. The molecular formula is C15H20FNO. The summed E-state index contributed by atoms with van der Waals surface area (Å²) in [6.45, 7) is 2.03. The maximum Gasteiger partial charge on any atom is 0.224 e. The van der Waals surface area contributed by atoms with E-state index in [4.69, 9.17) is 5.73 Å². The first-order valence-electron chi connectivity index (χ1n) is 6.61. The van der Waals surface area contributed by atoms with Gasteiger partial charge >= 0.3 is 0 Å². The molecule has 1 aromatic carbocycles. The summed E-state index contributed by atoms with van der Waals surface area (Å²) < 4.78 is 13.0. The molecule has 1 aromatic rings. The highest BCUT2D eigenvalue weighted by molar-refractivity contribution is 5.82. The number of rotatable bonds is 3. The molecule has 0 saturated heterocycles. The van der Waals surface area contributed by atoms with E-state index in [0.717, 1.165) is 31.2 Å². The number of nitrogens with two attached hydrogens (primary N) is 1. The lowest BCUT2D eigenvalue weighted by atomic mass is 9.64. The van der Waals surface area contributed by atoms with E-state index in [1.54, 1.807) is 12.1 Å². The molecule has 0 radical (unpaired) electrons. The first-order valence-corrected chi connectivity index (χ1v) is 6.61. The molecule has 1 atom stereocenters. The van der Waals surface area contributed by atoms with Gasteiger partial charge in [0.1, 0.15) is 5.82 Å². The summed E-state index contributed by atoms with van der Waals surface area (Å²) in [7, 11) is 0. The van der Waals surface area contributed by atoms with Gasteiger partial charge in [0.2, 0.25) is 5.91 Å². The molecule has 2 N–H and O–H groups in total. The summed E-state index contributed by atoms with van der Waals surface area (Å²) in [5.41, 5.74) is 6.21. The minimum Gasteiger partial charge on any atom is -0.369 e. The smallest absolute Gasteiger partial charge is 0.224 e. The zero-order chi connectivity index (χ0) is 13.2. The van der Waals surface area contributed by atoms with E-state index in [-0.39, 0.29) is 17.6 Å². The highest BCUT2D eigenvalue weighted by Gasteiger charge is 2.43. The number of hydrogen-bond donors (Lipinski definition) is 1. The van der Waals surface area contributed by atoms with Crippen molar-refractivity contribution in [3.05, 3.63) is 35.6 Å². The lowest BCUT2D eigenvalue weighted by Gasteiger charge is -2.39. The van der Waals surface area contributed by atoms with E-state index in [2.05, 4.69) is 0 Å². The van der Waals surface area contributed by atoms with Gasteiger partial charge in [-0.1, -0.05) is 38.3 Å². The largest absolute Gasteiger partial charge is 0.369 e. The van der Waals surface area contributed by atoms with Crippen LogP contribution < -0.4 is 5.73 Å². The zero-order valence-corrected chi connectivity index (χ0v) is 10.8. The van der Waals surface area contributed by atoms with Crippen molar-refractivity contribution in [2.45, 2.75) is 44.9 Å². The average Bonchev–Trinajstić information content (AvgIpc) is 2.39. The SMILES string of the molecule is C[C@H](c1ccc(F)cc1)C1(C(N)=O)CCCCC1. The van der Waals surface area contributed by atoms with Gasteiger partial charge in [-0.25, -0.2) is 4.39 Å². The molecule has 2 nitrogen and oxygen atoms in total. The Morgan fingerprint density at radius 3 is 2.28 bits per heavy atom. The van der Waals surface area contributed by atoms with Crippen LogP contribution in [-0.2, 0) is 4.79 Å². The molecule has 1 amide bonds. The minimum absolute atomic E-state index is 0.0518. The normalized spacial score (nSPS) is 20.3. The second kappa shape index (κ2) is 5.09. The summed E-state index contributed by atoms with van der Waals surface area (Å²) in [6, 6.07) is 6.42. The number of carbonyl (C=O) groups is 1. The van der Waals surface area contributed by atoms with Crippen molar-refractivity contribution in [2.24, 2.45) is 11.1 Å². The topological polar surface area (TPSA) is 43.1 Å². The molecule has 0 bridgehead atoms. The monoisotopic (exact) mass is 249 g/mol. The fourth-order valence-corrected chi connectivity index (χ4v) is 3.15. The highest BCUT2D eigenvalue weighted by atomic mass is 19.1. The maximum absolute atomic E-state index is 13.0. The predicted octanol–water partition coefficient (Wildman–Crippen LogP) is 3.37. The Morgan fingerprint density at radius 1 is 1.22 bits per heavy atom. The van der Waals surface area contributed by atoms with Crippen molar-refractivity contribution in [3.63, 3.8) is 0 Å². The van der Waals surface area contributed by atoms with Crippen molar-refractivity contribution >= 4 is 5.91 Å². The molecule has 1 aliphatic rings. The van der Waals surface area contributed by atoms with E-state index >= 15 is 0 Å². The molecular weight excluding hydrogens is 229 g/mol. The van der Waals surface area contributed by atoms with Gasteiger partial charge in [-0.3, -0.25) is 4.79 Å². The van der Waals surface area contributed by atoms with Gasteiger partial charge in [0.25, 0.3) is 0 Å². The fourth-order valence-electron chi connectivity index (χ4n) is 3.15. The van der Waals surface area contributed by atoms with Crippen LogP contribution in [0.3, 0.4) is 0 Å². The van der Waals surface area contributed by atoms with E-state index in [9.17, 15) is 9.18 Å². The summed E-state index contributed by atoms with van der Waals surface area (Å²) in [5, 5.41) is 0. The van der Waals surface area contributed by atoms with Crippen LogP contribution in [0.15, 0.2) is 24.3 Å². The Morgan fingerprint density at radius 2 is 1.78 bits per heavy atom. The second-order valence-corrected chi connectivity index (χ2v) is 5.35. The third-order valence-corrected chi connectivity index (χ3v) is 4.44. The molecule has 18 heavy (non-hydrogen) atoms. The first-order chi connectivity index (χ1) is 8.56. The van der Waals surface area contributed by atoms with Crippen molar-refractivity contribution in [1.82, 2.24) is 0 Å². The molecule has 1 fully saturated rings. The van der Waals surface area contributed by atoms with E-state index < -0.39 is 5.41 Å². The molecule has 98 valence electrons. The third kappa shape index (κ3) is 2.26. The van der Waals surface area contributed by atoms with Gasteiger partial charge in [-0.15, -0.1) is 0 Å². The van der Waals surface area contributed by atoms with Gasteiger partial charge in [-0.2, -0.15) is 0 Å². The lowest BCUT2D eigenvalue weighted by molar-refractivity contribution is -0.130. The van der Waals surface area contributed by atoms with Crippen LogP contribution in [0.25, 0.3) is 0 Å². The van der Waals surface area contributed by atoms with Crippen molar-refractivity contribution in [3.8, 4) is 0 Å². The van der Waals surface area contributed by atoms with Crippen LogP contribution in [0.1, 0.15) is 50.5 Å². The van der Waals surface area contributed by atoms with Gasteiger partial charge < -0.3 is 5.73 Å². The van der Waals surface area contributed by atoms with Gasteiger partial charge in [0, 0.05) is 0 Å². The number of carbonyl (C=O) groups excluding carboxylic acids is 1. The first kappa shape index (κ1) is 13.1. The second-order valence-electron chi connectivity index (χ2n) is 5.35. The van der Waals surface area contributed by atoms with E-state index in [0.29, 0.717) is 0 Å². The summed E-state index contributed by atoms with van der Waals surface area (Å²) in [6.07, 6.45) is 4.97. The Balaban J connectivity index is 2.30. The lowest BCUT2D eigenvalue weighted by Crippen LogP contribution is -2.42. The van der Waals surface area contributed by atoms with Gasteiger partial charge in [0.05, 0.1) is 5.41 Å². The molecule has 0 aromatic heterocycles. The molecule has 2 rings (SSSR count). The third-order valence-electron chi connectivity index (χ3n) is 4.44. The Bertz CT molecular complexity index is 421. The molecule has 1 aliphatic carbocycles. The van der Waals surface area contributed by atoms with Crippen LogP contribution in [0.4, 0.5) is 4.39 Å². The minimum atomic E-state index is -0.448. The summed E-state index contributed by atoms with van der Waals surface area (Å²) in [4.78, 5) is 11.9. The molecule has 0 heterocycles. The van der Waals surface area contributed by atoms with Crippen molar-refractivity contribution < 1.29 is 9.18 Å². The number of benzene rings is 1. The van der Waals surface area contributed by atoms with Crippen LogP contribution in [0, 0.1) is 11.2 Å². The maximum atomic E-state index is 13.0. The van der Waals surface area contributed by atoms with Gasteiger partial charge in [-0.05, 0) is 36.5 Å². The van der Waals surface area contributed by atoms with Crippen LogP contribution in [-0.4, -0.2) is 5.91 Å². The molecule has 0 unspecified atom stereocenters. The van der Waals surface area contributed by atoms with E-state index in [1.807, 2.05) is 6.92 Å². The average molecular weight is 249 g/mol. The number of amides is 1. The fraction of sp³-hybridized carbons (Fsp3) is 0.533. The molecule has 0 aliphatic heterocycles. The highest BCUT2D eigenvalue weighted by Crippen LogP contribution is 2.46. The van der Waals surface area contributed by atoms with Crippen molar-refractivity contribution in [1.29, 1.82) is 0 Å².